The summed E-state index contributed by atoms with van der Waals surface area (Å²) in [5, 5.41) is 11.7. The Hall–Kier alpha value is -2.12. The molecule has 0 aliphatic carbocycles. The Morgan fingerprint density at radius 3 is 2.46 bits per heavy atom. The number of nitrogens with zero attached hydrogens (tertiary/aromatic N) is 2. The Kier molecular flexibility index (Phi) is 6.57. The minimum Gasteiger partial charge on any atom is -0.371 e. The zero-order chi connectivity index (χ0) is 20.1. The molecule has 0 atom stereocenters. The van der Waals surface area contributed by atoms with Gasteiger partial charge >= 0.3 is 0 Å². The zero-order valence-corrected chi connectivity index (χ0v) is 17.3. The number of carbonyl (C=O) groups excluding carboxylic acids is 1. The molecule has 2 N–H and O–H groups in total. The fourth-order valence-corrected chi connectivity index (χ4v) is 5.49. The van der Waals surface area contributed by atoms with E-state index in [4.69, 9.17) is 16.9 Å². The SMILES string of the molecule is N#Cc1ccc(N2CCC(NC(=O)CNS(=O)(=O)c3ccc(Cl)s3)CC2)cc1. The Bertz CT molecular complexity index is 975. The van der Waals surface area contributed by atoms with Crippen molar-refractivity contribution >= 4 is 44.6 Å². The fourth-order valence-electron chi connectivity index (χ4n) is 2.98. The van der Waals surface area contributed by atoms with E-state index < -0.39 is 10.0 Å². The van der Waals surface area contributed by atoms with Gasteiger partial charge in [0.1, 0.15) is 4.21 Å². The molecule has 0 saturated carbocycles. The van der Waals surface area contributed by atoms with Crippen LogP contribution in [0.4, 0.5) is 5.69 Å². The van der Waals surface area contributed by atoms with Crippen LogP contribution in [-0.2, 0) is 14.8 Å². The van der Waals surface area contributed by atoms with Crippen LogP contribution < -0.4 is 14.9 Å². The standard InChI is InChI=1S/C18H19ClN4O3S2/c19-16-5-6-18(27-16)28(25,26)21-12-17(24)22-14-7-9-23(10-8-14)15-3-1-13(11-20)2-4-15/h1-6,14,21H,7-10,12H2,(H,22,24). The summed E-state index contributed by atoms with van der Waals surface area (Å²) in [6.45, 7) is 1.24. The van der Waals surface area contributed by atoms with Gasteiger partial charge in [-0.2, -0.15) is 5.26 Å². The molecule has 2 aromatic rings. The van der Waals surface area contributed by atoms with Crippen LogP contribution in [0.3, 0.4) is 0 Å². The molecule has 0 unspecified atom stereocenters. The summed E-state index contributed by atoms with van der Waals surface area (Å²) in [5.74, 6) is -0.358. The molecule has 2 heterocycles. The monoisotopic (exact) mass is 438 g/mol. The summed E-state index contributed by atoms with van der Waals surface area (Å²) in [4.78, 5) is 14.3. The number of hydrogen-bond acceptors (Lipinski definition) is 6. The topological polar surface area (TPSA) is 102 Å². The van der Waals surface area contributed by atoms with Gasteiger partial charge in [0.05, 0.1) is 22.5 Å². The highest BCUT2D eigenvalue weighted by Crippen LogP contribution is 2.25. The minimum atomic E-state index is -3.73. The molecule has 1 aromatic heterocycles. The second-order valence-corrected chi connectivity index (χ2v) is 10.1. The third-order valence-corrected chi connectivity index (χ3v) is 7.58. The van der Waals surface area contributed by atoms with E-state index in [0.29, 0.717) is 9.90 Å². The zero-order valence-electron chi connectivity index (χ0n) is 14.9. The first-order valence-electron chi connectivity index (χ1n) is 8.67. The summed E-state index contributed by atoms with van der Waals surface area (Å²) >= 11 is 6.70. The molecular weight excluding hydrogens is 420 g/mol. The molecule has 1 aromatic carbocycles. The van der Waals surface area contributed by atoms with Crippen LogP contribution >= 0.6 is 22.9 Å². The molecule has 1 saturated heterocycles. The van der Waals surface area contributed by atoms with Crippen molar-refractivity contribution in [3.8, 4) is 6.07 Å². The van der Waals surface area contributed by atoms with Crippen molar-refractivity contribution < 1.29 is 13.2 Å². The second-order valence-electron chi connectivity index (χ2n) is 6.37. The molecular formula is C18H19ClN4O3S2. The number of carbonyl (C=O) groups is 1. The molecule has 7 nitrogen and oxygen atoms in total. The van der Waals surface area contributed by atoms with Crippen LogP contribution in [0.25, 0.3) is 0 Å². The number of anilines is 1. The van der Waals surface area contributed by atoms with Crippen molar-refractivity contribution in [2.75, 3.05) is 24.5 Å². The average Bonchev–Trinajstić information content (AvgIpc) is 3.15. The number of piperidine rings is 1. The average molecular weight is 439 g/mol. The van der Waals surface area contributed by atoms with Crippen molar-refractivity contribution in [3.63, 3.8) is 0 Å². The highest BCUT2D eigenvalue weighted by Gasteiger charge is 2.22. The van der Waals surface area contributed by atoms with E-state index in [0.717, 1.165) is 43.0 Å². The number of nitrogens with one attached hydrogen (secondary N) is 2. The largest absolute Gasteiger partial charge is 0.371 e. The van der Waals surface area contributed by atoms with E-state index >= 15 is 0 Å². The van der Waals surface area contributed by atoms with Gasteiger partial charge in [0.15, 0.2) is 0 Å². The number of nitriles is 1. The van der Waals surface area contributed by atoms with Gasteiger partial charge in [0, 0.05) is 24.8 Å². The van der Waals surface area contributed by atoms with E-state index in [9.17, 15) is 13.2 Å². The molecule has 10 heteroatoms. The number of sulfonamides is 1. The van der Waals surface area contributed by atoms with Crippen molar-refractivity contribution in [2.24, 2.45) is 0 Å². The number of halogens is 1. The first-order valence-corrected chi connectivity index (χ1v) is 11.3. The van der Waals surface area contributed by atoms with Crippen molar-refractivity contribution in [3.05, 3.63) is 46.3 Å². The normalized spacial score (nSPS) is 15.2. The highest BCUT2D eigenvalue weighted by molar-refractivity contribution is 7.91. The van der Waals surface area contributed by atoms with Gasteiger partial charge in [0.2, 0.25) is 5.91 Å². The first kappa shape index (κ1) is 20.6. The van der Waals surface area contributed by atoms with Gasteiger partial charge < -0.3 is 10.2 Å². The molecule has 1 aliphatic heterocycles. The Morgan fingerprint density at radius 2 is 1.89 bits per heavy atom. The van der Waals surface area contributed by atoms with Crippen molar-refractivity contribution in [1.29, 1.82) is 5.26 Å². The number of rotatable bonds is 6. The maximum Gasteiger partial charge on any atom is 0.250 e. The third-order valence-electron chi connectivity index (χ3n) is 4.46. The van der Waals surface area contributed by atoms with E-state index in [1.54, 1.807) is 12.1 Å². The number of hydrogen-bond donors (Lipinski definition) is 2. The molecule has 1 aliphatic rings. The molecule has 1 fully saturated rings. The van der Waals surface area contributed by atoms with Crippen LogP contribution in [0.1, 0.15) is 18.4 Å². The van der Waals surface area contributed by atoms with Crippen LogP contribution in [0, 0.1) is 11.3 Å². The number of amides is 1. The maximum absolute atomic E-state index is 12.1. The molecule has 28 heavy (non-hydrogen) atoms. The first-order chi connectivity index (χ1) is 13.4. The molecule has 0 bridgehead atoms. The maximum atomic E-state index is 12.1. The van der Waals surface area contributed by atoms with Crippen molar-refractivity contribution in [1.82, 2.24) is 10.0 Å². The molecule has 0 radical (unpaired) electrons. The van der Waals surface area contributed by atoms with Gasteiger partial charge in [-0.3, -0.25) is 4.79 Å². The second kappa shape index (κ2) is 8.92. The van der Waals surface area contributed by atoms with Gasteiger partial charge in [-0.1, -0.05) is 11.6 Å². The lowest BCUT2D eigenvalue weighted by molar-refractivity contribution is -0.120. The quantitative estimate of drug-likeness (QED) is 0.720. The Morgan fingerprint density at radius 1 is 1.21 bits per heavy atom. The molecule has 148 valence electrons. The van der Waals surface area contributed by atoms with E-state index in [1.165, 1.54) is 12.1 Å². The lowest BCUT2D eigenvalue weighted by Gasteiger charge is -2.34. The van der Waals surface area contributed by atoms with Gasteiger partial charge in [-0.25, -0.2) is 13.1 Å². The third kappa shape index (κ3) is 5.23. The number of thiophene rings is 1. The van der Waals surface area contributed by atoms with Gasteiger partial charge in [-0.05, 0) is 49.2 Å². The number of benzene rings is 1. The van der Waals surface area contributed by atoms with Crippen molar-refractivity contribution in [2.45, 2.75) is 23.1 Å². The van der Waals surface area contributed by atoms with Gasteiger partial charge in [0.25, 0.3) is 10.0 Å². The summed E-state index contributed by atoms with van der Waals surface area (Å²) in [6.07, 6.45) is 1.53. The van der Waals surface area contributed by atoms with E-state index in [2.05, 4.69) is 21.0 Å². The molecule has 3 rings (SSSR count). The summed E-state index contributed by atoms with van der Waals surface area (Å²) in [5.41, 5.74) is 1.67. The molecule has 0 spiro atoms. The minimum absolute atomic E-state index is 0.00261. The lowest BCUT2D eigenvalue weighted by Crippen LogP contribution is -2.47. The van der Waals surface area contributed by atoms with E-state index in [1.807, 2.05) is 12.1 Å². The Balaban J connectivity index is 1.45. The predicted molar refractivity (Wildman–Crippen MR) is 109 cm³/mol. The van der Waals surface area contributed by atoms with Crippen LogP contribution in [0.2, 0.25) is 4.34 Å². The summed E-state index contributed by atoms with van der Waals surface area (Å²) < 4.78 is 27.0. The molecule has 1 amide bonds. The fraction of sp³-hybridized carbons (Fsp3) is 0.333. The lowest BCUT2D eigenvalue weighted by atomic mass is 10.0. The summed E-state index contributed by atoms with van der Waals surface area (Å²) in [6, 6.07) is 12.4. The van der Waals surface area contributed by atoms with Crippen LogP contribution in [-0.4, -0.2) is 40.0 Å². The smallest absolute Gasteiger partial charge is 0.250 e. The van der Waals surface area contributed by atoms with E-state index in [-0.39, 0.29) is 22.7 Å². The Labute approximate surface area is 173 Å². The van der Waals surface area contributed by atoms with Crippen LogP contribution in [0.5, 0.6) is 0 Å². The van der Waals surface area contributed by atoms with Gasteiger partial charge in [-0.15, -0.1) is 11.3 Å². The predicted octanol–water partition coefficient (Wildman–Crippen LogP) is 2.34. The van der Waals surface area contributed by atoms with Crippen LogP contribution in [0.15, 0.2) is 40.6 Å². The summed E-state index contributed by atoms with van der Waals surface area (Å²) in [7, 11) is -3.73. The highest BCUT2D eigenvalue weighted by atomic mass is 35.5.